The number of aromatic nitrogens is 2. The molecule has 0 atom stereocenters. The lowest BCUT2D eigenvalue weighted by Gasteiger charge is -2.36. The van der Waals surface area contributed by atoms with Gasteiger partial charge in [0.1, 0.15) is 4.83 Å². The van der Waals surface area contributed by atoms with Gasteiger partial charge in [0, 0.05) is 25.0 Å². The number of hydrogen-bond donors (Lipinski definition) is 3. The van der Waals surface area contributed by atoms with Gasteiger partial charge >= 0.3 is 0 Å². The fraction of sp³-hybridized carbons (Fsp3) is 0.667. The topological polar surface area (TPSA) is 90.6 Å². The van der Waals surface area contributed by atoms with Crippen LogP contribution in [0.15, 0.2) is 6.07 Å². The number of nitrogens with one attached hydrogen (secondary N) is 1. The smallest absolute Gasteiger partial charge is 0.261 e. The summed E-state index contributed by atoms with van der Waals surface area (Å²) >= 11 is 1.51. The van der Waals surface area contributed by atoms with Crippen molar-refractivity contribution in [2.75, 3.05) is 25.4 Å². The molecule has 1 saturated heterocycles. The molecular formula is C18H28N4O3S2. The van der Waals surface area contributed by atoms with Crippen LogP contribution in [0.1, 0.15) is 59.9 Å². The number of hydrogen-bond acceptors (Lipinski definition) is 6. The lowest BCUT2D eigenvalue weighted by molar-refractivity contribution is 0.0955. The van der Waals surface area contributed by atoms with Crippen molar-refractivity contribution in [3.05, 3.63) is 16.6 Å². The molecule has 3 N–H and O–H groups in total. The molecular weight excluding hydrogens is 384 g/mol. The minimum atomic E-state index is -2.61. The van der Waals surface area contributed by atoms with E-state index in [1.165, 1.54) is 30.6 Å². The van der Waals surface area contributed by atoms with Crippen LogP contribution in [0.2, 0.25) is 0 Å². The van der Waals surface area contributed by atoms with Gasteiger partial charge in [-0.25, -0.2) is 4.31 Å². The van der Waals surface area contributed by atoms with Crippen LogP contribution in [0.4, 0.5) is 0 Å². The molecule has 0 spiro atoms. The monoisotopic (exact) mass is 412 g/mol. The highest BCUT2D eigenvalue weighted by molar-refractivity contribution is 8.22. The number of fused-ring (bicyclic) bond motifs is 1. The molecule has 0 unspecified atom stereocenters. The molecule has 2 fully saturated rings. The Bertz CT molecular complexity index is 826. The predicted octanol–water partition coefficient (Wildman–Crippen LogP) is 4.01. The zero-order valence-electron chi connectivity index (χ0n) is 15.7. The third-order valence-corrected chi connectivity index (χ3v) is 8.75. The number of thiophene rings is 1. The second-order valence-corrected chi connectivity index (χ2v) is 10.7. The average Bonchev–Trinajstić information content (AvgIpc) is 3.31. The van der Waals surface area contributed by atoms with E-state index in [1.807, 2.05) is 13.0 Å². The van der Waals surface area contributed by atoms with Gasteiger partial charge in [0.2, 0.25) is 0 Å². The van der Waals surface area contributed by atoms with Crippen molar-refractivity contribution >= 4 is 38.2 Å². The second kappa shape index (κ2) is 7.71. The number of aryl methyl sites for hydroxylation is 1. The minimum absolute atomic E-state index is 0.0959. The lowest BCUT2D eigenvalue weighted by atomic mass is 9.96. The van der Waals surface area contributed by atoms with Crippen LogP contribution < -0.4 is 5.32 Å². The Kier molecular flexibility index (Phi) is 5.48. The van der Waals surface area contributed by atoms with E-state index in [2.05, 4.69) is 10.00 Å². The van der Waals surface area contributed by atoms with Gasteiger partial charge in [0.05, 0.1) is 22.4 Å². The van der Waals surface area contributed by atoms with Crippen LogP contribution in [0.25, 0.3) is 10.2 Å². The molecule has 150 valence electrons. The van der Waals surface area contributed by atoms with Crippen molar-refractivity contribution in [3.63, 3.8) is 0 Å². The van der Waals surface area contributed by atoms with E-state index >= 15 is 0 Å². The summed E-state index contributed by atoms with van der Waals surface area (Å²) in [5, 5.41) is 8.74. The highest BCUT2D eigenvalue weighted by Crippen LogP contribution is 2.47. The van der Waals surface area contributed by atoms with Crippen molar-refractivity contribution in [2.45, 2.75) is 51.5 Å². The van der Waals surface area contributed by atoms with Crippen molar-refractivity contribution in [2.24, 2.45) is 0 Å². The van der Waals surface area contributed by atoms with Crippen LogP contribution in [0, 0.1) is 6.92 Å². The number of amides is 1. The molecule has 1 aliphatic heterocycles. The third kappa shape index (κ3) is 3.88. The summed E-state index contributed by atoms with van der Waals surface area (Å²) in [7, 11) is -2.61. The van der Waals surface area contributed by atoms with Crippen LogP contribution in [0.5, 0.6) is 0 Å². The molecule has 2 aromatic rings. The quantitative estimate of drug-likeness (QED) is 0.690. The summed E-state index contributed by atoms with van der Waals surface area (Å²) in [6.45, 7) is 3.57. The first-order chi connectivity index (χ1) is 13.0. The largest absolute Gasteiger partial charge is 0.350 e. The SMILES string of the molecule is Cc1nn(C2CCCCC2)c2sc(C(=O)NCCN3CCCS3(O)O)cc12. The Morgan fingerprint density at radius 1 is 1.33 bits per heavy atom. The van der Waals surface area contributed by atoms with E-state index in [0.717, 1.165) is 35.2 Å². The summed E-state index contributed by atoms with van der Waals surface area (Å²) < 4.78 is 23.7. The molecule has 2 aliphatic rings. The zero-order chi connectivity index (χ0) is 19.0. The van der Waals surface area contributed by atoms with Crippen molar-refractivity contribution in [1.82, 2.24) is 19.4 Å². The van der Waals surface area contributed by atoms with Gasteiger partial charge in [0.15, 0.2) is 0 Å². The first kappa shape index (κ1) is 19.2. The van der Waals surface area contributed by atoms with Crippen molar-refractivity contribution < 1.29 is 13.9 Å². The maximum atomic E-state index is 12.6. The summed E-state index contributed by atoms with van der Waals surface area (Å²) in [6.07, 6.45) is 6.93. The molecule has 3 heterocycles. The van der Waals surface area contributed by atoms with E-state index < -0.39 is 10.8 Å². The minimum Gasteiger partial charge on any atom is -0.350 e. The standard InChI is InChI=1S/C18H28N4O3S2/c1-13-15-12-16(17(23)19-8-10-21-9-5-11-27(21,24)25)26-18(15)22(20-13)14-6-3-2-4-7-14/h12,14,24-25H,2-11H2,1H3,(H,19,23). The molecule has 27 heavy (non-hydrogen) atoms. The highest BCUT2D eigenvalue weighted by Gasteiger charge is 2.28. The Balaban J connectivity index is 1.43. The molecule has 4 rings (SSSR count). The van der Waals surface area contributed by atoms with E-state index in [1.54, 1.807) is 4.31 Å². The Morgan fingerprint density at radius 3 is 2.81 bits per heavy atom. The van der Waals surface area contributed by atoms with Gasteiger partial charge < -0.3 is 5.32 Å². The summed E-state index contributed by atoms with van der Waals surface area (Å²) in [5.41, 5.74) is 0.983. The third-order valence-electron chi connectivity index (χ3n) is 5.60. The Hall–Kier alpha value is -1.13. The maximum absolute atomic E-state index is 12.6. The van der Waals surface area contributed by atoms with E-state index in [4.69, 9.17) is 5.10 Å². The normalized spacial score (nSPS) is 22.3. The lowest BCUT2D eigenvalue weighted by Crippen LogP contribution is -2.34. The van der Waals surface area contributed by atoms with Crippen LogP contribution >= 0.6 is 22.1 Å². The predicted molar refractivity (Wildman–Crippen MR) is 111 cm³/mol. The molecule has 9 heteroatoms. The van der Waals surface area contributed by atoms with Crippen LogP contribution in [-0.4, -0.2) is 54.5 Å². The van der Waals surface area contributed by atoms with Gasteiger partial charge in [-0.1, -0.05) is 19.3 Å². The maximum Gasteiger partial charge on any atom is 0.261 e. The number of carbonyl (C=O) groups excluding carboxylic acids is 1. The second-order valence-electron chi connectivity index (χ2n) is 7.53. The van der Waals surface area contributed by atoms with Gasteiger partial charge in [-0.3, -0.25) is 18.6 Å². The number of nitrogens with zero attached hydrogens (tertiary/aromatic N) is 3. The fourth-order valence-corrected chi connectivity index (χ4v) is 6.84. The van der Waals surface area contributed by atoms with Crippen molar-refractivity contribution in [1.29, 1.82) is 0 Å². The molecule has 1 saturated carbocycles. The van der Waals surface area contributed by atoms with E-state index in [-0.39, 0.29) is 5.91 Å². The number of carbonyl (C=O) groups is 1. The van der Waals surface area contributed by atoms with Gasteiger partial charge in [0.25, 0.3) is 5.91 Å². The number of rotatable bonds is 5. The van der Waals surface area contributed by atoms with Gasteiger partial charge in [-0.05, 0) is 32.3 Å². The molecule has 0 aromatic carbocycles. The van der Waals surface area contributed by atoms with Crippen LogP contribution in [-0.2, 0) is 0 Å². The summed E-state index contributed by atoms with van der Waals surface area (Å²) in [4.78, 5) is 14.4. The average molecular weight is 413 g/mol. The van der Waals surface area contributed by atoms with Gasteiger partial charge in [-0.2, -0.15) is 5.10 Å². The van der Waals surface area contributed by atoms with Crippen LogP contribution in [0.3, 0.4) is 0 Å². The molecule has 1 aliphatic carbocycles. The zero-order valence-corrected chi connectivity index (χ0v) is 17.3. The van der Waals surface area contributed by atoms with Gasteiger partial charge in [-0.15, -0.1) is 22.1 Å². The summed E-state index contributed by atoms with van der Waals surface area (Å²) in [5.74, 6) is 0.343. The molecule has 1 amide bonds. The molecule has 0 bridgehead atoms. The molecule has 0 radical (unpaired) electrons. The van der Waals surface area contributed by atoms with E-state index in [0.29, 0.717) is 36.3 Å². The van der Waals surface area contributed by atoms with E-state index in [9.17, 15) is 13.9 Å². The Labute approximate surface area is 165 Å². The first-order valence-electron chi connectivity index (χ1n) is 9.73. The summed E-state index contributed by atoms with van der Waals surface area (Å²) in [6, 6.07) is 2.39. The molecule has 7 nitrogen and oxygen atoms in total. The first-order valence-corrected chi connectivity index (χ1v) is 12.2. The highest BCUT2D eigenvalue weighted by atomic mass is 32.3. The molecule has 2 aromatic heterocycles. The fourth-order valence-electron chi connectivity index (χ4n) is 4.11. The van der Waals surface area contributed by atoms with Crippen molar-refractivity contribution in [3.8, 4) is 0 Å². The Morgan fingerprint density at radius 2 is 2.11 bits per heavy atom.